The van der Waals surface area contributed by atoms with E-state index in [-0.39, 0.29) is 18.0 Å². The van der Waals surface area contributed by atoms with Crippen LogP contribution in [-0.2, 0) is 11.3 Å². The van der Waals surface area contributed by atoms with Gasteiger partial charge in [-0.25, -0.2) is 4.79 Å². The van der Waals surface area contributed by atoms with Crippen LogP contribution in [0.4, 0.5) is 4.79 Å². The SMILES string of the molecule is CNCCN1C(=O)CCC2CN(C(=O)NCc3ccccc3C)CCC21. The molecule has 6 nitrogen and oxygen atoms in total. The molecule has 1 aromatic rings. The van der Waals surface area contributed by atoms with Crippen LogP contribution in [-0.4, -0.2) is 61.0 Å². The molecule has 2 heterocycles. The summed E-state index contributed by atoms with van der Waals surface area (Å²) in [5, 5.41) is 6.18. The molecule has 2 saturated heterocycles. The summed E-state index contributed by atoms with van der Waals surface area (Å²) in [6.07, 6.45) is 2.36. The fourth-order valence-corrected chi connectivity index (χ4v) is 4.15. The van der Waals surface area contributed by atoms with Crippen molar-refractivity contribution in [3.8, 4) is 0 Å². The third-order valence-electron chi connectivity index (χ3n) is 5.72. The fraction of sp³-hybridized carbons (Fsp3) is 0.600. The molecule has 1 aromatic carbocycles. The van der Waals surface area contributed by atoms with Crippen molar-refractivity contribution in [2.24, 2.45) is 5.92 Å². The number of carbonyl (C=O) groups excluding carboxylic acids is 2. The highest BCUT2D eigenvalue weighted by atomic mass is 16.2. The lowest BCUT2D eigenvalue weighted by molar-refractivity contribution is -0.140. The number of likely N-dealkylation sites (N-methyl/N-ethyl adjacent to an activating group) is 1. The number of rotatable bonds is 5. The molecule has 2 atom stereocenters. The number of benzene rings is 1. The van der Waals surface area contributed by atoms with E-state index in [0.717, 1.165) is 38.0 Å². The van der Waals surface area contributed by atoms with Crippen molar-refractivity contribution in [3.05, 3.63) is 35.4 Å². The number of amides is 3. The molecular formula is C20H30N4O2. The van der Waals surface area contributed by atoms with E-state index in [0.29, 0.717) is 25.4 Å². The Morgan fingerprint density at radius 2 is 2.08 bits per heavy atom. The lowest BCUT2D eigenvalue weighted by Gasteiger charge is -2.47. The van der Waals surface area contributed by atoms with Gasteiger partial charge in [0, 0.05) is 45.2 Å². The molecule has 2 aliphatic rings. The zero-order valence-corrected chi connectivity index (χ0v) is 15.8. The van der Waals surface area contributed by atoms with Crippen molar-refractivity contribution >= 4 is 11.9 Å². The number of nitrogens with one attached hydrogen (secondary N) is 2. The number of hydrogen-bond acceptors (Lipinski definition) is 3. The first-order chi connectivity index (χ1) is 12.6. The molecule has 2 unspecified atom stereocenters. The highest BCUT2D eigenvalue weighted by molar-refractivity contribution is 5.78. The van der Waals surface area contributed by atoms with Gasteiger partial charge in [-0.15, -0.1) is 0 Å². The summed E-state index contributed by atoms with van der Waals surface area (Å²) in [7, 11) is 1.91. The molecule has 0 radical (unpaired) electrons. The average molecular weight is 358 g/mol. The van der Waals surface area contributed by atoms with Crippen LogP contribution in [0.5, 0.6) is 0 Å². The molecule has 6 heteroatoms. The maximum Gasteiger partial charge on any atom is 0.317 e. The predicted octanol–water partition coefficient (Wildman–Crippen LogP) is 1.74. The summed E-state index contributed by atoms with van der Waals surface area (Å²) in [5.74, 6) is 0.654. The Balaban J connectivity index is 1.55. The van der Waals surface area contributed by atoms with Crippen molar-refractivity contribution in [1.29, 1.82) is 0 Å². The van der Waals surface area contributed by atoms with Gasteiger partial charge in [0.25, 0.3) is 0 Å². The van der Waals surface area contributed by atoms with E-state index in [1.165, 1.54) is 5.56 Å². The quantitative estimate of drug-likeness (QED) is 0.843. The van der Waals surface area contributed by atoms with E-state index >= 15 is 0 Å². The van der Waals surface area contributed by atoms with E-state index in [4.69, 9.17) is 0 Å². The number of piperidine rings is 2. The van der Waals surface area contributed by atoms with E-state index < -0.39 is 0 Å². The van der Waals surface area contributed by atoms with Crippen molar-refractivity contribution in [2.75, 3.05) is 33.2 Å². The first kappa shape index (κ1) is 18.7. The summed E-state index contributed by atoms with van der Waals surface area (Å²) >= 11 is 0. The topological polar surface area (TPSA) is 64.7 Å². The highest BCUT2D eigenvalue weighted by Gasteiger charge is 2.39. The van der Waals surface area contributed by atoms with Gasteiger partial charge in [-0.2, -0.15) is 0 Å². The largest absolute Gasteiger partial charge is 0.338 e. The molecule has 2 N–H and O–H groups in total. The highest BCUT2D eigenvalue weighted by Crippen LogP contribution is 2.31. The second kappa shape index (κ2) is 8.54. The Labute approximate surface area is 155 Å². The number of aryl methyl sites for hydroxylation is 1. The Morgan fingerprint density at radius 3 is 2.85 bits per heavy atom. The van der Waals surface area contributed by atoms with Gasteiger partial charge in [0.05, 0.1) is 0 Å². The van der Waals surface area contributed by atoms with Gasteiger partial charge in [-0.3, -0.25) is 4.79 Å². The number of nitrogens with zero attached hydrogens (tertiary/aromatic N) is 2. The van der Waals surface area contributed by atoms with Gasteiger partial charge in [0.1, 0.15) is 0 Å². The summed E-state index contributed by atoms with van der Waals surface area (Å²) in [6, 6.07) is 8.41. The Morgan fingerprint density at radius 1 is 1.27 bits per heavy atom. The smallest absolute Gasteiger partial charge is 0.317 e. The summed E-state index contributed by atoms with van der Waals surface area (Å²) in [4.78, 5) is 28.8. The van der Waals surface area contributed by atoms with Crippen LogP contribution >= 0.6 is 0 Å². The standard InChI is InChI=1S/C20H30N4O2/c1-15-5-3-4-6-16(15)13-22-20(26)23-11-9-18-17(14-23)7-8-19(25)24(18)12-10-21-2/h3-6,17-18,21H,7-14H2,1-2H3,(H,22,26). The predicted molar refractivity (Wildman–Crippen MR) is 102 cm³/mol. The van der Waals surface area contributed by atoms with Gasteiger partial charge in [-0.05, 0) is 43.9 Å². The molecule has 3 amide bonds. The molecule has 0 aromatic heterocycles. The van der Waals surface area contributed by atoms with Crippen molar-refractivity contribution in [3.63, 3.8) is 0 Å². The number of carbonyl (C=O) groups is 2. The van der Waals surface area contributed by atoms with Crippen molar-refractivity contribution in [2.45, 2.75) is 38.8 Å². The minimum atomic E-state index is 0.00498. The Bertz CT molecular complexity index is 648. The maximum atomic E-state index is 12.6. The minimum Gasteiger partial charge on any atom is -0.338 e. The Hall–Kier alpha value is -2.08. The van der Waals surface area contributed by atoms with Gasteiger partial charge in [0.15, 0.2) is 0 Å². The molecule has 0 spiro atoms. The third kappa shape index (κ3) is 4.18. The second-order valence-electron chi connectivity index (χ2n) is 7.38. The van der Waals surface area contributed by atoms with Crippen LogP contribution in [0.3, 0.4) is 0 Å². The van der Waals surface area contributed by atoms with E-state index in [9.17, 15) is 9.59 Å². The monoisotopic (exact) mass is 358 g/mol. The van der Waals surface area contributed by atoms with Gasteiger partial charge in [0.2, 0.25) is 5.91 Å². The van der Waals surface area contributed by atoms with Gasteiger partial charge >= 0.3 is 6.03 Å². The molecule has 3 rings (SSSR count). The summed E-state index contributed by atoms with van der Waals surface area (Å²) in [6.45, 7) is 5.65. The second-order valence-corrected chi connectivity index (χ2v) is 7.38. The normalized spacial score (nSPS) is 22.9. The maximum absolute atomic E-state index is 12.6. The van der Waals surface area contributed by atoms with Crippen LogP contribution in [0.25, 0.3) is 0 Å². The number of urea groups is 1. The van der Waals surface area contributed by atoms with E-state index in [2.05, 4.69) is 23.6 Å². The summed E-state index contributed by atoms with van der Waals surface area (Å²) in [5.41, 5.74) is 2.34. The molecule has 142 valence electrons. The zero-order chi connectivity index (χ0) is 18.5. The van der Waals surface area contributed by atoms with E-state index in [1.54, 1.807) is 0 Å². The number of likely N-dealkylation sites (tertiary alicyclic amines) is 2. The average Bonchev–Trinajstić information content (AvgIpc) is 2.66. The van der Waals surface area contributed by atoms with Gasteiger partial charge < -0.3 is 20.4 Å². The lowest BCUT2D eigenvalue weighted by Crippen LogP contribution is -2.58. The molecular weight excluding hydrogens is 328 g/mol. The third-order valence-corrected chi connectivity index (χ3v) is 5.72. The molecule has 0 aliphatic carbocycles. The zero-order valence-electron chi connectivity index (χ0n) is 15.8. The summed E-state index contributed by atoms with van der Waals surface area (Å²) < 4.78 is 0. The van der Waals surface area contributed by atoms with E-state index in [1.807, 2.05) is 35.0 Å². The lowest BCUT2D eigenvalue weighted by atomic mass is 9.83. The molecule has 2 fully saturated rings. The van der Waals surface area contributed by atoms with Crippen molar-refractivity contribution < 1.29 is 9.59 Å². The van der Waals surface area contributed by atoms with Crippen LogP contribution in [0.15, 0.2) is 24.3 Å². The van der Waals surface area contributed by atoms with Gasteiger partial charge in [-0.1, -0.05) is 24.3 Å². The minimum absolute atomic E-state index is 0.00498. The first-order valence-corrected chi connectivity index (χ1v) is 9.61. The molecule has 0 saturated carbocycles. The fourth-order valence-electron chi connectivity index (χ4n) is 4.15. The Kier molecular flexibility index (Phi) is 6.14. The van der Waals surface area contributed by atoms with Crippen LogP contribution < -0.4 is 10.6 Å². The first-order valence-electron chi connectivity index (χ1n) is 9.61. The van der Waals surface area contributed by atoms with Crippen LogP contribution in [0, 0.1) is 12.8 Å². The number of fused-ring (bicyclic) bond motifs is 1. The van der Waals surface area contributed by atoms with Crippen molar-refractivity contribution in [1.82, 2.24) is 20.4 Å². The van der Waals surface area contributed by atoms with Crippen LogP contribution in [0.2, 0.25) is 0 Å². The molecule has 0 bridgehead atoms. The molecule has 26 heavy (non-hydrogen) atoms. The van der Waals surface area contributed by atoms with Crippen LogP contribution in [0.1, 0.15) is 30.4 Å². The molecule has 2 aliphatic heterocycles. The number of hydrogen-bond donors (Lipinski definition) is 2.